The van der Waals surface area contributed by atoms with Gasteiger partial charge in [-0.1, -0.05) is 60.7 Å². The van der Waals surface area contributed by atoms with Gasteiger partial charge in [-0.15, -0.1) is 0 Å². The number of methoxy groups -OCH3 is 3. The van der Waals surface area contributed by atoms with Crippen LogP contribution in [0.4, 0.5) is 0 Å². The van der Waals surface area contributed by atoms with Crippen LogP contribution >= 0.6 is 0 Å². The van der Waals surface area contributed by atoms with Gasteiger partial charge < -0.3 is 24.3 Å². The Morgan fingerprint density at radius 3 is 1.97 bits per heavy atom. The number of nitrogens with one attached hydrogen (secondary N) is 1. The number of esters is 1. The molecule has 3 aromatic rings. The Balaban J connectivity index is 1.26. The molecule has 1 aliphatic rings. The molecule has 4 rings (SSSR count). The average molecular weight is 476 g/mol. The van der Waals surface area contributed by atoms with Gasteiger partial charge in [-0.05, 0) is 55.1 Å². The van der Waals surface area contributed by atoms with E-state index in [1.807, 2.05) is 0 Å². The third kappa shape index (κ3) is 5.28. The van der Waals surface area contributed by atoms with E-state index in [1.165, 1.54) is 32.5 Å². The van der Waals surface area contributed by atoms with Crippen molar-refractivity contribution >= 4 is 5.97 Å². The summed E-state index contributed by atoms with van der Waals surface area (Å²) in [6, 6.07) is 24.7. The molecule has 0 aromatic heterocycles. The molecule has 184 valence electrons. The number of hydrogen-bond acceptors (Lipinski definition) is 6. The van der Waals surface area contributed by atoms with E-state index in [1.54, 1.807) is 12.1 Å². The highest BCUT2D eigenvalue weighted by Crippen LogP contribution is 2.58. The van der Waals surface area contributed by atoms with Gasteiger partial charge in [0.25, 0.3) is 0 Å². The second-order valence-corrected chi connectivity index (χ2v) is 8.71. The van der Waals surface area contributed by atoms with Crippen LogP contribution in [0.25, 0.3) is 0 Å². The second-order valence-electron chi connectivity index (χ2n) is 8.71. The molecule has 0 bridgehead atoms. The molecule has 0 aliphatic heterocycles. The number of benzene rings is 3. The third-order valence-electron chi connectivity index (χ3n) is 6.71. The molecule has 1 atom stereocenters. The molecule has 0 radical (unpaired) electrons. The van der Waals surface area contributed by atoms with E-state index in [0.717, 1.165) is 25.9 Å². The Hall–Kier alpha value is -3.51. The van der Waals surface area contributed by atoms with Crippen molar-refractivity contribution in [1.29, 1.82) is 0 Å². The molecule has 1 N–H and O–H groups in total. The monoisotopic (exact) mass is 475 g/mol. The maximum absolute atomic E-state index is 12.5. The van der Waals surface area contributed by atoms with Crippen molar-refractivity contribution in [2.75, 3.05) is 41.0 Å². The molecule has 0 saturated heterocycles. The van der Waals surface area contributed by atoms with Crippen molar-refractivity contribution in [3.8, 4) is 17.2 Å². The van der Waals surface area contributed by atoms with Gasteiger partial charge in [0, 0.05) is 5.41 Å². The minimum Gasteiger partial charge on any atom is -0.493 e. The van der Waals surface area contributed by atoms with E-state index in [2.05, 4.69) is 66.0 Å². The zero-order valence-electron chi connectivity index (χ0n) is 20.6. The first-order valence-electron chi connectivity index (χ1n) is 11.9. The SMILES string of the molecule is COc1cc(C(=O)OCCCNC[C@H]2CC2(c2ccccc2)c2ccccc2)cc(OC)c1OC. The number of ether oxygens (including phenoxy) is 4. The number of carbonyl (C=O) groups is 1. The van der Waals surface area contributed by atoms with E-state index < -0.39 is 5.97 Å². The molecule has 3 aromatic carbocycles. The maximum atomic E-state index is 12.5. The van der Waals surface area contributed by atoms with Gasteiger partial charge in [0.15, 0.2) is 11.5 Å². The highest BCUT2D eigenvalue weighted by molar-refractivity contribution is 5.91. The van der Waals surface area contributed by atoms with Crippen LogP contribution in [0.5, 0.6) is 17.2 Å². The lowest BCUT2D eigenvalue weighted by Crippen LogP contribution is -2.24. The molecule has 1 aliphatic carbocycles. The summed E-state index contributed by atoms with van der Waals surface area (Å²) in [6.07, 6.45) is 1.86. The quantitative estimate of drug-likeness (QED) is 0.298. The Kier molecular flexibility index (Phi) is 7.93. The van der Waals surface area contributed by atoms with E-state index in [9.17, 15) is 4.79 Å². The summed E-state index contributed by atoms with van der Waals surface area (Å²) in [4.78, 5) is 12.5. The number of rotatable bonds is 12. The van der Waals surface area contributed by atoms with Gasteiger partial charge in [-0.2, -0.15) is 0 Å². The third-order valence-corrected chi connectivity index (χ3v) is 6.71. The Labute approximate surface area is 207 Å². The largest absolute Gasteiger partial charge is 0.493 e. The van der Waals surface area contributed by atoms with Gasteiger partial charge in [-0.3, -0.25) is 0 Å². The molecule has 6 heteroatoms. The molecule has 1 saturated carbocycles. The summed E-state index contributed by atoms with van der Waals surface area (Å²) in [5, 5.41) is 3.56. The highest BCUT2D eigenvalue weighted by atomic mass is 16.5. The van der Waals surface area contributed by atoms with Crippen molar-refractivity contribution < 1.29 is 23.7 Å². The summed E-state index contributed by atoms with van der Waals surface area (Å²) < 4.78 is 21.4. The molecule has 1 fully saturated rings. The number of hydrogen-bond donors (Lipinski definition) is 1. The van der Waals surface area contributed by atoms with Crippen LogP contribution in [0, 0.1) is 5.92 Å². The molecule has 0 spiro atoms. The van der Waals surface area contributed by atoms with Crippen molar-refractivity contribution in [2.45, 2.75) is 18.3 Å². The van der Waals surface area contributed by atoms with Crippen LogP contribution < -0.4 is 19.5 Å². The van der Waals surface area contributed by atoms with Crippen molar-refractivity contribution in [2.24, 2.45) is 5.92 Å². The summed E-state index contributed by atoms with van der Waals surface area (Å²) in [6.45, 7) is 2.03. The molecular weight excluding hydrogens is 442 g/mol. The molecule has 0 unspecified atom stereocenters. The predicted octanol–water partition coefficient (Wildman–Crippen LogP) is 4.86. The summed E-state index contributed by atoms with van der Waals surface area (Å²) in [7, 11) is 4.56. The summed E-state index contributed by atoms with van der Waals surface area (Å²) >= 11 is 0. The van der Waals surface area contributed by atoms with E-state index >= 15 is 0 Å². The molecule has 6 nitrogen and oxygen atoms in total. The zero-order valence-corrected chi connectivity index (χ0v) is 20.6. The fourth-order valence-corrected chi connectivity index (χ4v) is 4.84. The van der Waals surface area contributed by atoms with Gasteiger partial charge in [0.05, 0.1) is 33.5 Å². The summed E-state index contributed by atoms with van der Waals surface area (Å²) in [5.74, 6) is 1.40. The van der Waals surface area contributed by atoms with Crippen LogP contribution in [-0.4, -0.2) is 47.0 Å². The Morgan fingerprint density at radius 1 is 0.886 bits per heavy atom. The van der Waals surface area contributed by atoms with Crippen molar-refractivity contribution in [3.05, 3.63) is 89.5 Å². The molecule has 0 amide bonds. The van der Waals surface area contributed by atoms with E-state index in [4.69, 9.17) is 18.9 Å². The molecular formula is C29H33NO5. The maximum Gasteiger partial charge on any atom is 0.338 e. The highest BCUT2D eigenvalue weighted by Gasteiger charge is 2.55. The van der Waals surface area contributed by atoms with Crippen LogP contribution in [0.15, 0.2) is 72.8 Å². The first kappa shape index (κ1) is 24.6. The lowest BCUT2D eigenvalue weighted by Gasteiger charge is -2.19. The van der Waals surface area contributed by atoms with E-state index in [0.29, 0.717) is 35.3 Å². The Bertz CT molecular complexity index is 1050. The molecule has 35 heavy (non-hydrogen) atoms. The smallest absolute Gasteiger partial charge is 0.338 e. The number of carbonyl (C=O) groups excluding carboxylic acids is 1. The molecule has 0 heterocycles. The average Bonchev–Trinajstić information content (AvgIpc) is 3.65. The minimum atomic E-state index is -0.418. The lowest BCUT2D eigenvalue weighted by molar-refractivity contribution is 0.0499. The fraction of sp³-hybridized carbons (Fsp3) is 0.345. The van der Waals surface area contributed by atoms with Crippen molar-refractivity contribution in [1.82, 2.24) is 5.32 Å². The van der Waals surface area contributed by atoms with Crippen LogP contribution in [-0.2, 0) is 10.2 Å². The van der Waals surface area contributed by atoms with Gasteiger partial charge >= 0.3 is 5.97 Å². The minimum absolute atomic E-state index is 0.0778. The first-order chi connectivity index (χ1) is 17.1. The topological polar surface area (TPSA) is 66.0 Å². The normalized spacial score (nSPS) is 15.8. The zero-order chi connectivity index (χ0) is 24.7. The van der Waals surface area contributed by atoms with Crippen molar-refractivity contribution in [3.63, 3.8) is 0 Å². The Morgan fingerprint density at radius 2 is 1.46 bits per heavy atom. The van der Waals surface area contributed by atoms with Crippen LogP contribution in [0.2, 0.25) is 0 Å². The van der Waals surface area contributed by atoms with Gasteiger partial charge in [0.1, 0.15) is 0 Å². The second kappa shape index (κ2) is 11.3. The first-order valence-corrected chi connectivity index (χ1v) is 11.9. The fourth-order valence-electron chi connectivity index (χ4n) is 4.84. The van der Waals surface area contributed by atoms with Crippen LogP contribution in [0.1, 0.15) is 34.3 Å². The van der Waals surface area contributed by atoms with Crippen LogP contribution in [0.3, 0.4) is 0 Å². The van der Waals surface area contributed by atoms with E-state index in [-0.39, 0.29) is 5.41 Å². The van der Waals surface area contributed by atoms with Gasteiger partial charge in [-0.25, -0.2) is 4.79 Å². The standard InChI is InChI=1S/C29H33NO5/c1-32-25-17-21(18-26(33-2)27(25)34-3)28(31)35-16-10-15-30-20-24-19-29(24,22-11-6-4-7-12-22)23-13-8-5-9-14-23/h4-9,11-14,17-18,24,30H,10,15-16,19-20H2,1-3H3/t24-/m1/s1. The predicted molar refractivity (Wildman–Crippen MR) is 136 cm³/mol. The van der Waals surface area contributed by atoms with Gasteiger partial charge in [0.2, 0.25) is 5.75 Å². The summed E-state index contributed by atoms with van der Waals surface area (Å²) in [5.41, 5.74) is 3.18. The lowest BCUT2D eigenvalue weighted by atomic mass is 9.86.